The van der Waals surface area contributed by atoms with Gasteiger partial charge in [-0.25, -0.2) is 0 Å². The molecule has 2 rings (SSSR count). The Morgan fingerprint density at radius 1 is 1.48 bits per heavy atom. The average Bonchev–Trinajstić information content (AvgIpc) is 2.45. The van der Waals surface area contributed by atoms with E-state index < -0.39 is 10.2 Å². The quantitative estimate of drug-likeness (QED) is 0.856. The van der Waals surface area contributed by atoms with Gasteiger partial charge in [-0.05, 0) is 42.4 Å². The molecule has 0 bridgehead atoms. The molecular weight excluding hydrogens is 328 g/mol. The van der Waals surface area contributed by atoms with Crippen molar-refractivity contribution >= 4 is 33.6 Å². The second-order valence-corrected chi connectivity index (χ2v) is 8.55. The Labute approximate surface area is 136 Å². The number of thioether (sulfide) groups is 1. The van der Waals surface area contributed by atoms with Crippen LogP contribution >= 0.6 is 23.4 Å². The van der Waals surface area contributed by atoms with Gasteiger partial charge in [0.25, 0.3) is 10.2 Å². The lowest BCUT2D eigenvalue weighted by Gasteiger charge is -2.28. The highest BCUT2D eigenvalue weighted by molar-refractivity contribution is 7.99. The summed E-state index contributed by atoms with van der Waals surface area (Å²) in [4.78, 5) is 1.11. The van der Waals surface area contributed by atoms with Gasteiger partial charge in [0.1, 0.15) is 0 Å². The van der Waals surface area contributed by atoms with Gasteiger partial charge in [-0.3, -0.25) is 0 Å². The lowest BCUT2D eigenvalue weighted by atomic mass is 10.1. The van der Waals surface area contributed by atoms with Crippen LogP contribution in [-0.2, 0) is 10.2 Å². The number of fused-ring (bicyclic) bond motifs is 1. The van der Waals surface area contributed by atoms with Crippen LogP contribution in [0.1, 0.15) is 37.8 Å². The molecule has 1 aliphatic heterocycles. The van der Waals surface area contributed by atoms with Gasteiger partial charge in [0.15, 0.2) is 0 Å². The molecule has 0 radical (unpaired) electrons. The highest BCUT2D eigenvalue weighted by atomic mass is 35.5. The SMILES string of the molecule is CCCCN(C)S(=O)(=O)NC1CCSc2ccc(Cl)cc21. The number of nitrogens with zero attached hydrogens (tertiary/aromatic N) is 1. The van der Waals surface area contributed by atoms with Gasteiger partial charge in [0, 0.05) is 29.6 Å². The molecule has 0 fully saturated rings. The predicted molar refractivity (Wildman–Crippen MR) is 89.1 cm³/mol. The first-order valence-corrected chi connectivity index (χ1v) is 9.90. The number of benzene rings is 1. The third kappa shape index (κ3) is 4.36. The minimum absolute atomic E-state index is 0.200. The largest absolute Gasteiger partial charge is 0.279 e. The van der Waals surface area contributed by atoms with Crippen molar-refractivity contribution in [2.45, 2.75) is 37.1 Å². The van der Waals surface area contributed by atoms with Crippen molar-refractivity contribution in [2.24, 2.45) is 0 Å². The Bertz CT molecular complexity index is 593. The van der Waals surface area contributed by atoms with E-state index in [1.165, 1.54) is 4.31 Å². The summed E-state index contributed by atoms with van der Waals surface area (Å²) in [6.45, 7) is 2.58. The molecule has 1 heterocycles. The van der Waals surface area contributed by atoms with Crippen LogP contribution in [0.25, 0.3) is 0 Å². The number of hydrogen-bond acceptors (Lipinski definition) is 3. The average molecular weight is 349 g/mol. The maximum Gasteiger partial charge on any atom is 0.279 e. The normalized spacial score (nSPS) is 18.8. The van der Waals surface area contributed by atoms with Gasteiger partial charge in [-0.15, -0.1) is 11.8 Å². The molecule has 1 N–H and O–H groups in total. The summed E-state index contributed by atoms with van der Waals surface area (Å²) in [5.41, 5.74) is 0.978. The maximum atomic E-state index is 12.4. The lowest BCUT2D eigenvalue weighted by molar-refractivity contribution is 0.436. The van der Waals surface area contributed by atoms with E-state index >= 15 is 0 Å². The fourth-order valence-electron chi connectivity index (χ4n) is 2.26. The zero-order valence-electron chi connectivity index (χ0n) is 12.3. The maximum absolute atomic E-state index is 12.4. The molecule has 118 valence electrons. The molecule has 0 saturated carbocycles. The molecule has 1 aromatic rings. The van der Waals surface area contributed by atoms with Crippen LogP contribution in [0.3, 0.4) is 0 Å². The zero-order chi connectivity index (χ0) is 15.5. The van der Waals surface area contributed by atoms with Gasteiger partial charge in [0.05, 0.1) is 0 Å². The van der Waals surface area contributed by atoms with Crippen molar-refractivity contribution in [2.75, 3.05) is 19.3 Å². The van der Waals surface area contributed by atoms with Gasteiger partial charge >= 0.3 is 0 Å². The number of rotatable bonds is 6. The summed E-state index contributed by atoms with van der Waals surface area (Å²) in [5.74, 6) is 0.903. The second-order valence-electron chi connectivity index (χ2n) is 5.17. The molecule has 1 unspecified atom stereocenters. The number of unbranched alkanes of at least 4 members (excludes halogenated alkanes) is 1. The van der Waals surface area contributed by atoms with E-state index in [-0.39, 0.29) is 6.04 Å². The Balaban J connectivity index is 2.16. The van der Waals surface area contributed by atoms with Crippen molar-refractivity contribution in [3.63, 3.8) is 0 Å². The second kappa shape index (κ2) is 7.33. The molecule has 0 spiro atoms. The Morgan fingerprint density at radius 3 is 2.95 bits per heavy atom. The van der Waals surface area contributed by atoms with Crippen LogP contribution < -0.4 is 4.72 Å². The fraction of sp³-hybridized carbons (Fsp3) is 0.571. The van der Waals surface area contributed by atoms with Crippen LogP contribution in [0, 0.1) is 0 Å². The number of hydrogen-bond donors (Lipinski definition) is 1. The van der Waals surface area contributed by atoms with Gasteiger partial charge in [-0.2, -0.15) is 17.4 Å². The van der Waals surface area contributed by atoms with Crippen LogP contribution in [0.5, 0.6) is 0 Å². The zero-order valence-corrected chi connectivity index (χ0v) is 14.7. The predicted octanol–water partition coefficient (Wildman–Crippen LogP) is 3.44. The molecule has 0 saturated heterocycles. The molecule has 21 heavy (non-hydrogen) atoms. The van der Waals surface area contributed by atoms with Gasteiger partial charge in [-0.1, -0.05) is 24.9 Å². The Hall–Kier alpha value is -0.270. The highest BCUT2D eigenvalue weighted by Gasteiger charge is 2.27. The van der Waals surface area contributed by atoms with Crippen molar-refractivity contribution in [3.8, 4) is 0 Å². The van der Waals surface area contributed by atoms with E-state index in [2.05, 4.69) is 4.72 Å². The molecule has 1 atom stereocenters. The van der Waals surface area contributed by atoms with E-state index in [0.29, 0.717) is 11.6 Å². The minimum atomic E-state index is -3.46. The van der Waals surface area contributed by atoms with Crippen molar-refractivity contribution in [3.05, 3.63) is 28.8 Å². The summed E-state index contributed by atoms with van der Waals surface area (Å²) in [5, 5.41) is 0.639. The summed E-state index contributed by atoms with van der Waals surface area (Å²) >= 11 is 7.79. The molecule has 0 amide bonds. The van der Waals surface area contributed by atoms with E-state index in [4.69, 9.17) is 11.6 Å². The first-order chi connectivity index (χ1) is 9.94. The standard InChI is InChI=1S/C14H21ClN2O2S2/c1-3-4-8-17(2)21(18,19)16-13-7-9-20-14-6-5-11(15)10-12(13)14/h5-6,10,13,16H,3-4,7-9H2,1-2H3. The van der Waals surface area contributed by atoms with Crippen molar-refractivity contribution in [1.82, 2.24) is 9.03 Å². The summed E-state index contributed by atoms with van der Waals surface area (Å²) in [6, 6.07) is 5.47. The molecule has 4 nitrogen and oxygen atoms in total. The third-order valence-electron chi connectivity index (χ3n) is 3.54. The smallest absolute Gasteiger partial charge is 0.195 e. The summed E-state index contributed by atoms with van der Waals surface area (Å²) in [7, 11) is -1.84. The Morgan fingerprint density at radius 2 is 2.24 bits per heavy atom. The number of halogens is 1. The van der Waals surface area contributed by atoms with Crippen molar-refractivity contribution < 1.29 is 8.42 Å². The van der Waals surface area contributed by atoms with Crippen LogP contribution in [0.15, 0.2) is 23.1 Å². The first kappa shape index (κ1) is 17.1. The van der Waals surface area contributed by atoms with E-state index in [0.717, 1.165) is 35.5 Å². The topological polar surface area (TPSA) is 49.4 Å². The highest BCUT2D eigenvalue weighted by Crippen LogP contribution is 2.37. The van der Waals surface area contributed by atoms with E-state index in [9.17, 15) is 8.42 Å². The third-order valence-corrected chi connectivity index (χ3v) is 6.48. The minimum Gasteiger partial charge on any atom is -0.195 e. The molecule has 1 aromatic carbocycles. The monoisotopic (exact) mass is 348 g/mol. The van der Waals surface area contributed by atoms with Crippen LogP contribution in [-0.4, -0.2) is 32.1 Å². The summed E-state index contributed by atoms with van der Waals surface area (Å²) < 4.78 is 29.0. The summed E-state index contributed by atoms with van der Waals surface area (Å²) in [6.07, 6.45) is 2.61. The van der Waals surface area contributed by atoms with Gasteiger partial charge in [0.2, 0.25) is 0 Å². The number of nitrogens with one attached hydrogen (secondary N) is 1. The van der Waals surface area contributed by atoms with Crippen LogP contribution in [0.4, 0.5) is 0 Å². The molecule has 0 aromatic heterocycles. The van der Waals surface area contributed by atoms with E-state index in [1.807, 2.05) is 25.1 Å². The van der Waals surface area contributed by atoms with E-state index in [1.54, 1.807) is 18.8 Å². The fourth-order valence-corrected chi connectivity index (χ4v) is 4.70. The molecular formula is C14H21ClN2O2S2. The van der Waals surface area contributed by atoms with Crippen molar-refractivity contribution in [1.29, 1.82) is 0 Å². The first-order valence-electron chi connectivity index (χ1n) is 7.10. The Kier molecular flexibility index (Phi) is 5.96. The molecule has 0 aliphatic carbocycles. The molecule has 1 aliphatic rings. The van der Waals surface area contributed by atoms with Gasteiger partial charge < -0.3 is 0 Å². The molecule has 7 heteroatoms. The van der Waals surface area contributed by atoms with Crippen LogP contribution in [0.2, 0.25) is 5.02 Å². The lowest BCUT2D eigenvalue weighted by Crippen LogP contribution is -2.41.